The number of rotatable bonds is 6. The number of carbonyl (C=O) groups is 2. The number of para-hydroxylation sites is 1. The van der Waals surface area contributed by atoms with Crippen molar-refractivity contribution in [1.82, 2.24) is 15.5 Å². The normalized spacial score (nSPS) is 16.5. The number of hydrogen-bond donors (Lipinski definition) is 2. The molecule has 1 heterocycles. The van der Waals surface area contributed by atoms with Crippen molar-refractivity contribution in [3.8, 4) is 11.8 Å². The van der Waals surface area contributed by atoms with E-state index in [0.29, 0.717) is 17.9 Å². The maximum Gasteiger partial charge on any atom is 0.260 e. The molecule has 1 saturated heterocycles. The third-order valence-electron chi connectivity index (χ3n) is 4.26. The number of nitriles is 1. The highest BCUT2D eigenvalue weighted by Crippen LogP contribution is 2.18. The average Bonchev–Trinajstić information content (AvgIpc) is 2.63. The van der Waals surface area contributed by atoms with E-state index in [2.05, 4.69) is 21.6 Å². The largest absolute Gasteiger partial charge is 0.480 e. The number of amides is 2. The fourth-order valence-electron chi connectivity index (χ4n) is 2.74. The molecule has 0 aromatic heterocycles. The van der Waals surface area contributed by atoms with Crippen molar-refractivity contribution >= 4 is 11.8 Å². The lowest BCUT2D eigenvalue weighted by molar-refractivity contribution is -0.128. The van der Waals surface area contributed by atoms with E-state index in [1.54, 1.807) is 38.2 Å². The smallest absolute Gasteiger partial charge is 0.260 e. The van der Waals surface area contributed by atoms with Crippen molar-refractivity contribution in [3.05, 3.63) is 29.8 Å². The van der Waals surface area contributed by atoms with Gasteiger partial charge >= 0.3 is 0 Å². The monoisotopic (exact) mass is 344 g/mol. The van der Waals surface area contributed by atoms with E-state index in [-0.39, 0.29) is 17.9 Å². The van der Waals surface area contributed by atoms with Crippen molar-refractivity contribution in [2.75, 3.05) is 26.7 Å². The van der Waals surface area contributed by atoms with E-state index < -0.39 is 6.10 Å². The standard InChI is InChI=1S/C18H24N4O3/c1-13(25-16-6-4-3-5-14(16)11-19)18(24)21-15-7-9-22(10-8-15)12-17(23)20-2/h3-6,13,15H,7-10,12H2,1-2H3,(H,20,23)(H,21,24)/t13-/m0/s1. The van der Waals surface area contributed by atoms with E-state index in [4.69, 9.17) is 10.00 Å². The predicted molar refractivity (Wildman–Crippen MR) is 92.9 cm³/mol. The highest BCUT2D eigenvalue weighted by molar-refractivity contribution is 5.81. The topological polar surface area (TPSA) is 94.5 Å². The van der Waals surface area contributed by atoms with Crippen LogP contribution in [0, 0.1) is 11.3 Å². The van der Waals surface area contributed by atoms with Crippen LogP contribution in [0.2, 0.25) is 0 Å². The number of carbonyl (C=O) groups excluding carboxylic acids is 2. The molecule has 1 aliphatic heterocycles. The first-order chi connectivity index (χ1) is 12.0. The Bertz CT molecular complexity index is 648. The molecule has 0 aliphatic carbocycles. The Labute approximate surface area is 147 Å². The summed E-state index contributed by atoms with van der Waals surface area (Å²) in [6.45, 7) is 3.60. The van der Waals surface area contributed by atoms with Crippen molar-refractivity contribution in [2.24, 2.45) is 0 Å². The van der Waals surface area contributed by atoms with Gasteiger partial charge in [0.15, 0.2) is 6.10 Å². The van der Waals surface area contributed by atoms with Gasteiger partial charge in [-0.3, -0.25) is 14.5 Å². The molecule has 2 rings (SSSR count). The fourth-order valence-corrected chi connectivity index (χ4v) is 2.74. The zero-order valence-electron chi connectivity index (χ0n) is 14.6. The van der Waals surface area contributed by atoms with E-state index in [1.807, 2.05) is 0 Å². The Morgan fingerprint density at radius 3 is 2.68 bits per heavy atom. The predicted octanol–water partition coefficient (Wildman–Crippen LogP) is 0.652. The summed E-state index contributed by atoms with van der Waals surface area (Å²) >= 11 is 0. The minimum absolute atomic E-state index is 0.000617. The third-order valence-corrected chi connectivity index (χ3v) is 4.26. The van der Waals surface area contributed by atoms with Gasteiger partial charge in [0, 0.05) is 26.2 Å². The second-order valence-corrected chi connectivity index (χ2v) is 6.10. The van der Waals surface area contributed by atoms with Gasteiger partial charge in [0.05, 0.1) is 12.1 Å². The number of likely N-dealkylation sites (N-methyl/N-ethyl adjacent to an activating group) is 1. The molecule has 0 radical (unpaired) electrons. The van der Waals surface area contributed by atoms with Gasteiger partial charge in [-0.15, -0.1) is 0 Å². The van der Waals surface area contributed by atoms with Crippen molar-refractivity contribution in [2.45, 2.75) is 31.9 Å². The van der Waals surface area contributed by atoms with E-state index in [1.165, 1.54) is 0 Å². The van der Waals surface area contributed by atoms with E-state index in [0.717, 1.165) is 25.9 Å². The van der Waals surface area contributed by atoms with Gasteiger partial charge in [0.1, 0.15) is 11.8 Å². The van der Waals surface area contributed by atoms with Crippen molar-refractivity contribution in [1.29, 1.82) is 5.26 Å². The van der Waals surface area contributed by atoms with Gasteiger partial charge in [0.2, 0.25) is 5.91 Å². The Kier molecular flexibility index (Phi) is 6.78. The number of benzene rings is 1. The SMILES string of the molecule is CNC(=O)CN1CCC(NC(=O)[C@H](C)Oc2ccccc2C#N)CC1. The number of piperidine rings is 1. The van der Waals surface area contributed by atoms with Crippen LogP contribution in [0.5, 0.6) is 5.75 Å². The summed E-state index contributed by atoms with van der Waals surface area (Å²) < 4.78 is 5.63. The molecule has 134 valence electrons. The van der Waals surface area contributed by atoms with Crippen LogP contribution in [-0.2, 0) is 9.59 Å². The summed E-state index contributed by atoms with van der Waals surface area (Å²) in [6.07, 6.45) is 0.910. The molecule has 25 heavy (non-hydrogen) atoms. The summed E-state index contributed by atoms with van der Waals surface area (Å²) in [5.74, 6) is 0.214. The Balaban J connectivity index is 1.80. The molecular formula is C18H24N4O3. The minimum Gasteiger partial charge on any atom is -0.480 e. The van der Waals surface area contributed by atoms with Crippen LogP contribution in [-0.4, -0.2) is 55.5 Å². The molecule has 2 amide bonds. The molecule has 0 spiro atoms. The zero-order chi connectivity index (χ0) is 18.2. The summed E-state index contributed by atoms with van der Waals surface area (Å²) in [4.78, 5) is 25.8. The Morgan fingerprint density at radius 1 is 1.36 bits per heavy atom. The summed E-state index contributed by atoms with van der Waals surface area (Å²) in [6, 6.07) is 8.98. The van der Waals surface area contributed by atoms with Gasteiger partial charge in [-0.25, -0.2) is 0 Å². The van der Waals surface area contributed by atoms with E-state index >= 15 is 0 Å². The number of ether oxygens (including phenoxy) is 1. The lowest BCUT2D eigenvalue weighted by Crippen LogP contribution is -2.49. The van der Waals surface area contributed by atoms with Crippen LogP contribution in [0.15, 0.2) is 24.3 Å². The third kappa shape index (κ3) is 5.47. The van der Waals surface area contributed by atoms with Gasteiger partial charge in [0.25, 0.3) is 5.91 Å². The van der Waals surface area contributed by atoms with Crippen LogP contribution in [0.3, 0.4) is 0 Å². The maximum atomic E-state index is 12.3. The van der Waals surface area contributed by atoms with Crippen LogP contribution in [0.25, 0.3) is 0 Å². The molecule has 0 unspecified atom stereocenters. The second kappa shape index (κ2) is 9.04. The van der Waals surface area contributed by atoms with Crippen LogP contribution in [0.4, 0.5) is 0 Å². The van der Waals surface area contributed by atoms with Gasteiger partial charge in [-0.05, 0) is 31.9 Å². The summed E-state index contributed by atoms with van der Waals surface area (Å²) in [5, 5.41) is 14.7. The lowest BCUT2D eigenvalue weighted by atomic mass is 10.0. The molecule has 7 nitrogen and oxygen atoms in total. The zero-order valence-corrected chi connectivity index (χ0v) is 14.6. The van der Waals surface area contributed by atoms with Gasteiger partial charge in [-0.2, -0.15) is 5.26 Å². The number of nitrogens with one attached hydrogen (secondary N) is 2. The fraction of sp³-hybridized carbons (Fsp3) is 0.500. The summed E-state index contributed by atoms with van der Waals surface area (Å²) in [5.41, 5.74) is 0.407. The van der Waals surface area contributed by atoms with Gasteiger partial charge in [-0.1, -0.05) is 12.1 Å². The average molecular weight is 344 g/mol. The lowest BCUT2D eigenvalue weighted by Gasteiger charge is -2.32. The van der Waals surface area contributed by atoms with Crippen LogP contribution < -0.4 is 15.4 Å². The molecule has 1 aromatic carbocycles. The van der Waals surface area contributed by atoms with Crippen LogP contribution >= 0.6 is 0 Å². The molecule has 1 atom stereocenters. The molecule has 0 bridgehead atoms. The molecule has 7 heteroatoms. The Hall–Kier alpha value is -2.59. The van der Waals surface area contributed by atoms with E-state index in [9.17, 15) is 9.59 Å². The molecule has 0 saturated carbocycles. The first-order valence-electron chi connectivity index (χ1n) is 8.42. The minimum atomic E-state index is -0.682. The highest BCUT2D eigenvalue weighted by atomic mass is 16.5. The quantitative estimate of drug-likeness (QED) is 0.790. The number of likely N-dealkylation sites (tertiary alicyclic amines) is 1. The molecule has 1 aromatic rings. The number of nitrogens with zero attached hydrogens (tertiary/aromatic N) is 2. The molecule has 1 aliphatic rings. The first-order valence-corrected chi connectivity index (χ1v) is 8.42. The molecular weight excluding hydrogens is 320 g/mol. The van der Waals surface area contributed by atoms with Crippen molar-refractivity contribution in [3.63, 3.8) is 0 Å². The Morgan fingerprint density at radius 2 is 2.04 bits per heavy atom. The first kappa shape index (κ1) is 18.7. The van der Waals surface area contributed by atoms with Gasteiger partial charge < -0.3 is 15.4 Å². The number of hydrogen-bond acceptors (Lipinski definition) is 5. The molecule has 2 N–H and O–H groups in total. The maximum absolute atomic E-state index is 12.3. The molecule has 1 fully saturated rings. The summed E-state index contributed by atoms with van der Waals surface area (Å²) in [7, 11) is 1.63. The van der Waals surface area contributed by atoms with Crippen molar-refractivity contribution < 1.29 is 14.3 Å². The van der Waals surface area contributed by atoms with Crippen LogP contribution in [0.1, 0.15) is 25.3 Å². The second-order valence-electron chi connectivity index (χ2n) is 6.10. The highest BCUT2D eigenvalue weighted by Gasteiger charge is 2.24.